The molecule has 1 amide bonds. The van der Waals surface area contributed by atoms with E-state index in [1.54, 1.807) is 0 Å². The van der Waals surface area contributed by atoms with E-state index in [1.165, 1.54) is 10.9 Å². The van der Waals surface area contributed by atoms with Crippen LogP contribution in [0.3, 0.4) is 0 Å². The summed E-state index contributed by atoms with van der Waals surface area (Å²) in [5, 5.41) is 16.4. The first-order valence-corrected chi connectivity index (χ1v) is 5.74. The molecule has 21 heavy (non-hydrogen) atoms. The van der Waals surface area contributed by atoms with Crippen LogP contribution in [0.25, 0.3) is 0 Å². The molecule has 2 heterocycles. The van der Waals surface area contributed by atoms with Gasteiger partial charge in [-0.05, 0) is 12.1 Å². The Hall–Kier alpha value is -2.91. The Morgan fingerprint density at radius 1 is 1.43 bits per heavy atom. The summed E-state index contributed by atoms with van der Waals surface area (Å²) in [7, 11) is 0. The molecule has 0 aliphatic rings. The molecular formula is C11H9F2N5O3. The number of hydrogen-bond acceptors (Lipinski definition) is 5. The summed E-state index contributed by atoms with van der Waals surface area (Å²) in [6.07, 6.45) is 2.14. The lowest BCUT2D eigenvalue weighted by atomic mass is 10.3. The fraction of sp³-hybridized carbons (Fsp3) is 0.182. The quantitative estimate of drug-likeness (QED) is 0.511. The number of halogens is 2. The summed E-state index contributed by atoms with van der Waals surface area (Å²) in [6.45, 7) is 0.0793. The number of rotatable bonds is 5. The predicted octanol–water partition coefficient (Wildman–Crippen LogP) is 1.49. The van der Waals surface area contributed by atoms with Crippen LogP contribution in [-0.4, -0.2) is 25.6 Å². The Balaban J connectivity index is 1.91. The number of pyridine rings is 1. The molecule has 0 aromatic carbocycles. The molecule has 0 atom stereocenters. The van der Waals surface area contributed by atoms with Gasteiger partial charge in [0.1, 0.15) is 12.4 Å². The van der Waals surface area contributed by atoms with E-state index in [2.05, 4.69) is 15.4 Å². The molecule has 0 fully saturated rings. The number of hydrogen-bond donors (Lipinski definition) is 1. The molecular weight excluding hydrogens is 288 g/mol. The average Bonchev–Trinajstić information content (AvgIpc) is 2.89. The van der Waals surface area contributed by atoms with E-state index >= 15 is 0 Å². The molecule has 8 nitrogen and oxygen atoms in total. The number of aryl methyl sites for hydroxylation is 1. The first-order chi connectivity index (χ1) is 9.95. The number of aromatic nitrogens is 3. The van der Waals surface area contributed by atoms with Gasteiger partial charge in [-0.25, -0.2) is 0 Å². The second kappa shape index (κ2) is 6.03. The van der Waals surface area contributed by atoms with Gasteiger partial charge in [-0.1, -0.05) is 0 Å². The summed E-state index contributed by atoms with van der Waals surface area (Å²) in [6, 6.07) is 1.96. The fourth-order valence-corrected chi connectivity index (χ4v) is 1.50. The highest BCUT2D eigenvalue weighted by atomic mass is 19.1. The van der Waals surface area contributed by atoms with Crippen molar-refractivity contribution in [3.63, 3.8) is 0 Å². The molecule has 0 saturated heterocycles. The number of carbonyl (C=O) groups excluding carboxylic acids is 1. The minimum absolute atomic E-state index is 0.0793. The maximum atomic E-state index is 13.2. The highest BCUT2D eigenvalue weighted by Crippen LogP contribution is 2.12. The van der Waals surface area contributed by atoms with Gasteiger partial charge in [0.15, 0.2) is 0 Å². The topological polar surface area (TPSA) is 103 Å². The van der Waals surface area contributed by atoms with E-state index in [0.29, 0.717) is 0 Å². The van der Waals surface area contributed by atoms with E-state index < -0.39 is 22.7 Å². The zero-order chi connectivity index (χ0) is 15.4. The zero-order valence-electron chi connectivity index (χ0n) is 10.5. The minimum atomic E-state index is -1.13. The van der Waals surface area contributed by atoms with Crippen LogP contribution in [0, 0.1) is 22.0 Å². The van der Waals surface area contributed by atoms with Gasteiger partial charge in [0, 0.05) is 13.0 Å². The molecule has 10 heteroatoms. The molecule has 0 radical (unpaired) electrons. The van der Waals surface area contributed by atoms with Crippen LogP contribution in [0.15, 0.2) is 24.5 Å². The van der Waals surface area contributed by atoms with Gasteiger partial charge in [-0.3, -0.25) is 19.6 Å². The van der Waals surface area contributed by atoms with Gasteiger partial charge in [-0.15, -0.1) is 0 Å². The van der Waals surface area contributed by atoms with Crippen LogP contribution >= 0.6 is 0 Å². The van der Waals surface area contributed by atoms with Gasteiger partial charge < -0.3 is 5.32 Å². The van der Waals surface area contributed by atoms with Crippen LogP contribution in [-0.2, 0) is 11.3 Å². The van der Waals surface area contributed by atoms with Crippen LogP contribution in [0.2, 0.25) is 0 Å². The van der Waals surface area contributed by atoms with Crippen molar-refractivity contribution in [2.75, 3.05) is 5.32 Å². The Labute approximate surface area is 116 Å². The van der Waals surface area contributed by atoms with E-state index in [4.69, 9.17) is 0 Å². The van der Waals surface area contributed by atoms with E-state index in [0.717, 1.165) is 18.3 Å². The first kappa shape index (κ1) is 14.5. The van der Waals surface area contributed by atoms with Crippen LogP contribution in [0.1, 0.15) is 6.42 Å². The third kappa shape index (κ3) is 3.78. The summed E-state index contributed by atoms with van der Waals surface area (Å²) < 4.78 is 27.0. The number of nitrogens with one attached hydrogen (secondary N) is 1. The summed E-state index contributed by atoms with van der Waals surface area (Å²) in [4.78, 5) is 24.4. The lowest BCUT2D eigenvalue weighted by Gasteiger charge is -2.05. The number of anilines is 1. The molecule has 0 aliphatic carbocycles. The van der Waals surface area contributed by atoms with Crippen molar-refractivity contribution in [3.8, 4) is 0 Å². The SMILES string of the molecule is O=C(CCn1cc([N+](=O)[O-])cn1)Nc1ccc(F)nc1F. The maximum Gasteiger partial charge on any atom is 0.306 e. The molecule has 0 spiro atoms. The summed E-state index contributed by atoms with van der Waals surface area (Å²) in [5.41, 5.74) is -0.433. The third-order valence-corrected chi connectivity index (χ3v) is 2.49. The molecule has 1 N–H and O–H groups in total. The lowest BCUT2D eigenvalue weighted by molar-refractivity contribution is -0.385. The van der Waals surface area contributed by atoms with Crippen molar-refractivity contribution in [3.05, 3.63) is 46.5 Å². The highest BCUT2D eigenvalue weighted by molar-refractivity contribution is 5.90. The maximum absolute atomic E-state index is 13.2. The van der Waals surface area contributed by atoms with Gasteiger partial charge in [-0.2, -0.15) is 18.9 Å². The number of carbonyl (C=O) groups is 1. The lowest BCUT2D eigenvalue weighted by Crippen LogP contribution is -2.16. The number of amides is 1. The minimum Gasteiger partial charge on any atom is -0.322 e. The Morgan fingerprint density at radius 2 is 2.19 bits per heavy atom. The van der Waals surface area contributed by atoms with Crippen molar-refractivity contribution >= 4 is 17.3 Å². The first-order valence-electron chi connectivity index (χ1n) is 5.74. The Kier molecular flexibility index (Phi) is 4.16. The van der Waals surface area contributed by atoms with Crippen molar-refractivity contribution in [2.45, 2.75) is 13.0 Å². The van der Waals surface area contributed by atoms with E-state index in [9.17, 15) is 23.7 Å². The fourth-order valence-electron chi connectivity index (χ4n) is 1.50. The highest BCUT2D eigenvalue weighted by Gasteiger charge is 2.12. The van der Waals surface area contributed by atoms with Crippen LogP contribution in [0.5, 0.6) is 0 Å². The standard InChI is InChI=1S/C11H9F2N5O3/c12-9-2-1-8(11(13)16-9)15-10(19)3-4-17-6-7(5-14-17)18(20)21/h1-2,5-6H,3-4H2,(H,15,19). The van der Waals surface area contributed by atoms with Crippen molar-refractivity contribution in [1.82, 2.24) is 14.8 Å². The van der Waals surface area contributed by atoms with E-state index in [1.807, 2.05) is 0 Å². The zero-order valence-corrected chi connectivity index (χ0v) is 10.5. The number of nitro groups is 1. The smallest absolute Gasteiger partial charge is 0.306 e. The monoisotopic (exact) mass is 297 g/mol. The van der Waals surface area contributed by atoms with Crippen LogP contribution < -0.4 is 5.32 Å². The van der Waals surface area contributed by atoms with Crippen molar-refractivity contribution in [2.24, 2.45) is 0 Å². The van der Waals surface area contributed by atoms with Gasteiger partial charge >= 0.3 is 5.69 Å². The average molecular weight is 297 g/mol. The molecule has 0 bridgehead atoms. The predicted molar refractivity (Wildman–Crippen MR) is 66.3 cm³/mol. The Morgan fingerprint density at radius 3 is 2.81 bits per heavy atom. The summed E-state index contributed by atoms with van der Waals surface area (Å²) >= 11 is 0. The van der Waals surface area contributed by atoms with Gasteiger partial charge in [0.05, 0.1) is 10.6 Å². The second-order valence-corrected chi connectivity index (χ2v) is 3.99. The largest absolute Gasteiger partial charge is 0.322 e. The van der Waals surface area contributed by atoms with Crippen molar-refractivity contribution < 1.29 is 18.5 Å². The van der Waals surface area contributed by atoms with Crippen molar-refractivity contribution in [1.29, 1.82) is 0 Å². The molecule has 2 aromatic heterocycles. The number of nitrogens with zero attached hydrogens (tertiary/aromatic N) is 4. The van der Waals surface area contributed by atoms with Gasteiger partial charge in [0.25, 0.3) is 0 Å². The molecule has 2 aromatic rings. The van der Waals surface area contributed by atoms with Crippen LogP contribution in [0.4, 0.5) is 20.2 Å². The Bertz CT molecular complexity index is 688. The second-order valence-electron chi connectivity index (χ2n) is 3.99. The third-order valence-electron chi connectivity index (χ3n) is 2.49. The van der Waals surface area contributed by atoms with E-state index in [-0.39, 0.29) is 24.3 Å². The van der Waals surface area contributed by atoms with Gasteiger partial charge in [0.2, 0.25) is 17.8 Å². The molecule has 110 valence electrons. The molecule has 0 aliphatic heterocycles. The summed E-state index contributed by atoms with van der Waals surface area (Å²) in [5.74, 6) is -2.67. The molecule has 0 saturated carbocycles. The molecule has 2 rings (SSSR count). The molecule has 0 unspecified atom stereocenters. The normalized spacial score (nSPS) is 10.4.